The van der Waals surface area contributed by atoms with Crippen molar-refractivity contribution >= 4 is 22.6 Å². The summed E-state index contributed by atoms with van der Waals surface area (Å²) in [7, 11) is 3.17. The molecular weight excluding hydrogens is 546 g/mol. The van der Waals surface area contributed by atoms with Gasteiger partial charge in [-0.2, -0.15) is 9.78 Å². The summed E-state index contributed by atoms with van der Waals surface area (Å²) < 4.78 is 17.8. The maximum Gasteiger partial charge on any atom is 0.359 e. The predicted octanol–water partition coefficient (Wildman–Crippen LogP) is 4.73. The Morgan fingerprint density at radius 1 is 0.837 bits per heavy atom. The molecule has 0 radical (unpaired) electrons. The Hall–Kier alpha value is -5.44. The summed E-state index contributed by atoms with van der Waals surface area (Å²) in [4.78, 5) is 42.1. The Morgan fingerprint density at radius 2 is 1.47 bits per heavy atom. The molecule has 1 aromatic heterocycles. The van der Waals surface area contributed by atoms with Crippen LogP contribution in [-0.4, -0.2) is 53.9 Å². The predicted molar refractivity (Wildman–Crippen MR) is 161 cm³/mol. The van der Waals surface area contributed by atoms with Crippen LogP contribution < -0.4 is 15.0 Å². The van der Waals surface area contributed by atoms with E-state index >= 15 is 0 Å². The van der Waals surface area contributed by atoms with Crippen molar-refractivity contribution in [2.75, 3.05) is 27.4 Å². The highest BCUT2D eigenvalue weighted by atomic mass is 16.5. The summed E-state index contributed by atoms with van der Waals surface area (Å²) in [5, 5.41) is 5.04. The minimum absolute atomic E-state index is 0.0488. The molecule has 216 valence electrons. The number of benzene rings is 4. The monoisotopic (exact) mass is 575 g/mol. The van der Waals surface area contributed by atoms with E-state index in [2.05, 4.69) is 5.10 Å². The van der Waals surface area contributed by atoms with Gasteiger partial charge in [0.15, 0.2) is 23.8 Å². The van der Waals surface area contributed by atoms with Crippen molar-refractivity contribution in [2.24, 2.45) is 0 Å². The summed E-state index contributed by atoms with van der Waals surface area (Å²) in [6, 6.07) is 28.7. The summed E-state index contributed by atoms with van der Waals surface area (Å²) >= 11 is 0. The number of amides is 1. The fourth-order valence-electron chi connectivity index (χ4n) is 5.57. The quantitative estimate of drug-likeness (QED) is 0.259. The van der Waals surface area contributed by atoms with Crippen LogP contribution in [0.1, 0.15) is 33.2 Å². The van der Waals surface area contributed by atoms with Crippen LogP contribution >= 0.6 is 0 Å². The zero-order chi connectivity index (χ0) is 29.9. The van der Waals surface area contributed by atoms with Crippen LogP contribution in [-0.2, 0) is 16.0 Å². The molecule has 1 atom stereocenters. The molecule has 2 heterocycles. The second-order valence-corrected chi connectivity index (χ2v) is 10.1. The first-order valence-electron chi connectivity index (χ1n) is 13.8. The van der Waals surface area contributed by atoms with Crippen molar-refractivity contribution in [3.63, 3.8) is 0 Å². The van der Waals surface area contributed by atoms with Gasteiger partial charge in [0.05, 0.1) is 31.3 Å². The second kappa shape index (κ2) is 11.8. The average Bonchev–Trinajstić information content (AvgIpc) is 3.06. The molecule has 0 N–H and O–H groups in total. The first kappa shape index (κ1) is 27.7. The average molecular weight is 576 g/mol. The normalized spacial score (nSPS) is 14.2. The van der Waals surface area contributed by atoms with E-state index in [0.29, 0.717) is 40.9 Å². The molecule has 6 rings (SSSR count). The molecule has 9 nitrogen and oxygen atoms in total. The van der Waals surface area contributed by atoms with Gasteiger partial charge in [0.2, 0.25) is 0 Å². The number of carbonyl (C=O) groups is 2. The molecule has 1 aliphatic heterocycles. The number of hydrogen-bond donors (Lipinski definition) is 0. The fourth-order valence-corrected chi connectivity index (χ4v) is 5.57. The van der Waals surface area contributed by atoms with Crippen LogP contribution in [0, 0.1) is 0 Å². The van der Waals surface area contributed by atoms with E-state index in [1.54, 1.807) is 67.7 Å². The van der Waals surface area contributed by atoms with E-state index in [1.807, 2.05) is 48.5 Å². The van der Waals surface area contributed by atoms with Crippen molar-refractivity contribution in [1.82, 2.24) is 14.7 Å². The van der Waals surface area contributed by atoms with Gasteiger partial charge >= 0.3 is 5.97 Å². The van der Waals surface area contributed by atoms with E-state index in [0.717, 1.165) is 16.7 Å². The third-order valence-corrected chi connectivity index (χ3v) is 7.64. The van der Waals surface area contributed by atoms with Gasteiger partial charge < -0.3 is 19.1 Å². The SMILES string of the molecule is COc1cc2c(cc1OC)[C@@H](c1ccccc1)N(C(=O)COC(=O)c1nn(-c3ccccc3)c(=O)c3ccccc13)CC2. The van der Waals surface area contributed by atoms with Crippen molar-refractivity contribution in [1.29, 1.82) is 0 Å². The minimum Gasteiger partial charge on any atom is -0.493 e. The number of hydrogen-bond acceptors (Lipinski definition) is 7. The number of ether oxygens (including phenoxy) is 3. The Morgan fingerprint density at radius 3 is 2.16 bits per heavy atom. The molecule has 0 fully saturated rings. The molecule has 0 saturated heterocycles. The molecule has 1 amide bonds. The van der Waals surface area contributed by atoms with E-state index in [-0.39, 0.29) is 17.2 Å². The van der Waals surface area contributed by atoms with Gasteiger partial charge in [0.1, 0.15) is 0 Å². The van der Waals surface area contributed by atoms with E-state index in [1.165, 1.54) is 4.68 Å². The Balaban J connectivity index is 1.31. The smallest absolute Gasteiger partial charge is 0.359 e. The largest absolute Gasteiger partial charge is 0.493 e. The molecule has 0 aliphatic carbocycles. The Labute approximate surface area is 247 Å². The summed E-state index contributed by atoms with van der Waals surface area (Å²) in [6.07, 6.45) is 0.590. The Bertz CT molecular complexity index is 1870. The molecule has 5 aromatic rings. The standard InChI is InChI=1S/C34H29N3O6/c1-41-28-19-23-17-18-36(32(22-11-5-3-6-12-22)27(23)20-29(28)42-2)30(38)21-43-34(40)31-25-15-9-10-16-26(25)33(39)37(35-31)24-13-7-4-8-14-24/h3-16,19-20,32H,17-18,21H2,1-2H3/t32-/m1/s1. The number of aromatic nitrogens is 2. The third kappa shape index (κ3) is 5.21. The van der Waals surface area contributed by atoms with Gasteiger partial charge in [-0.3, -0.25) is 9.59 Å². The fraction of sp³-hybridized carbons (Fsp3) is 0.176. The van der Waals surface area contributed by atoms with E-state index < -0.39 is 18.6 Å². The lowest BCUT2D eigenvalue weighted by Gasteiger charge is -2.38. The van der Waals surface area contributed by atoms with Gasteiger partial charge in [-0.05, 0) is 53.4 Å². The number of rotatable bonds is 7. The maximum atomic E-state index is 13.7. The van der Waals surface area contributed by atoms with Crippen molar-refractivity contribution in [3.05, 3.63) is 130 Å². The van der Waals surface area contributed by atoms with Crippen LogP contribution in [0.2, 0.25) is 0 Å². The molecule has 0 unspecified atom stereocenters. The summed E-state index contributed by atoms with van der Waals surface area (Å²) in [5.74, 6) is 0.0327. The summed E-state index contributed by atoms with van der Waals surface area (Å²) in [5.41, 5.74) is 2.97. The van der Waals surface area contributed by atoms with Gasteiger partial charge in [0, 0.05) is 11.9 Å². The van der Waals surface area contributed by atoms with Gasteiger partial charge in [-0.15, -0.1) is 0 Å². The zero-order valence-corrected chi connectivity index (χ0v) is 23.7. The van der Waals surface area contributed by atoms with Crippen LogP contribution in [0.15, 0.2) is 102 Å². The Kier molecular flexibility index (Phi) is 7.61. The van der Waals surface area contributed by atoms with Crippen LogP contribution in [0.3, 0.4) is 0 Å². The highest BCUT2D eigenvalue weighted by molar-refractivity contribution is 6.02. The van der Waals surface area contributed by atoms with Crippen molar-refractivity contribution in [3.8, 4) is 17.2 Å². The highest BCUT2D eigenvalue weighted by Crippen LogP contribution is 2.41. The number of carbonyl (C=O) groups excluding carboxylic acids is 2. The van der Waals surface area contributed by atoms with Crippen molar-refractivity contribution < 1.29 is 23.8 Å². The molecule has 43 heavy (non-hydrogen) atoms. The lowest BCUT2D eigenvalue weighted by molar-refractivity contribution is -0.136. The molecule has 0 bridgehead atoms. The van der Waals surface area contributed by atoms with Gasteiger partial charge in [0.25, 0.3) is 11.5 Å². The van der Waals surface area contributed by atoms with Crippen LogP contribution in [0.25, 0.3) is 16.5 Å². The van der Waals surface area contributed by atoms with Crippen LogP contribution in [0.5, 0.6) is 11.5 Å². The summed E-state index contributed by atoms with van der Waals surface area (Å²) in [6.45, 7) is -0.0796. The molecule has 0 saturated carbocycles. The third-order valence-electron chi connectivity index (χ3n) is 7.64. The van der Waals surface area contributed by atoms with Gasteiger partial charge in [-0.1, -0.05) is 66.7 Å². The zero-order valence-electron chi connectivity index (χ0n) is 23.7. The molecule has 9 heteroatoms. The lowest BCUT2D eigenvalue weighted by atomic mass is 9.87. The first-order valence-corrected chi connectivity index (χ1v) is 13.8. The topological polar surface area (TPSA) is 100.0 Å². The highest BCUT2D eigenvalue weighted by Gasteiger charge is 2.34. The van der Waals surface area contributed by atoms with Crippen molar-refractivity contribution in [2.45, 2.75) is 12.5 Å². The second-order valence-electron chi connectivity index (χ2n) is 10.1. The number of esters is 1. The lowest BCUT2D eigenvalue weighted by Crippen LogP contribution is -2.42. The molecule has 0 spiro atoms. The molecular formula is C34H29N3O6. The number of methoxy groups -OCH3 is 2. The van der Waals surface area contributed by atoms with E-state index in [9.17, 15) is 14.4 Å². The molecule has 1 aliphatic rings. The first-order chi connectivity index (χ1) is 21.0. The van der Waals surface area contributed by atoms with Gasteiger partial charge in [-0.25, -0.2) is 4.79 Å². The number of fused-ring (bicyclic) bond motifs is 2. The number of para-hydroxylation sites is 1. The number of nitrogens with zero attached hydrogens (tertiary/aromatic N) is 3. The van der Waals surface area contributed by atoms with E-state index in [4.69, 9.17) is 14.2 Å². The van der Waals surface area contributed by atoms with Crippen LogP contribution in [0.4, 0.5) is 0 Å². The maximum absolute atomic E-state index is 13.7. The minimum atomic E-state index is -0.797. The molecule has 4 aromatic carbocycles.